The number of amides is 6. The van der Waals surface area contributed by atoms with Gasteiger partial charge in [0, 0.05) is 13.1 Å². The quantitative estimate of drug-likeness (QED) is 0.138. The Morgan fingerprint density at radius 2 is 1.49 bits per heavy atom. The number of benzene rings is 2. The van der Waals surface area contributed by atoms with E-state index >= 15 is 0 Å². The SMILES string of the molecule is CCCCCC[C@H]1OC[C@@H](C)NC(=O)[C@H]([C@H](C)OCc2ccccc2)NC(=O)C(CNC(=O)OCc2ccccc2)=NC(=O)[C@H](C2CCCCC2)NC(=O)[C@H](CC(C)C)N(C)C(=O)[C@@H]1C. The van der Waals surface area contributed by atoms with Gasteiger partial charge in [0.05, 0.1) is 37.9 Å². The van der Waals surface area contributed by atoms with Gasteiger partial charge in [-0.2, -0.15) is 0 Å². The van der Waals surface area contributed by atoms with E-state index in [9.17, 15) is 28.8 Å². The van der Waals surface area contributed by atoms with Crippen molar-refractivity contribution in [1.82, 2.24) is 26.2 Å². The number of hydrogen-bond donors (Lipinski definition) is 4. The molecule has 2 aromatic rings. The molecule has 0 unspecified atom stereocenters. The number of carbonyl (C=O) groups excluding carboxylic acids is 6. The molecule has 1 aliphatic heterocycles. The minimum Gasteiger partial charge on any atom is -0.445 e. The molecule has 4 rings (SSSR count). The number of nitrogens with zero attached hydrogens (tertiary/aromatic N) is 2. The summed E-state index contributed by atoms with van der Waals surface area (Å²) < 4.78 is 18.0. The first-order valence-corrected chi connectivity index (χ1v) is 23.7. The molecule has 0 bridgehead atoms. The molecule has 2 aromatic carbocycles. The molecule has 358 valence electrons. The Labute approximate surface area is 386 Å². The van der Waals surface area contributed by atoms with E-state index in [4.69, 9.17) is 14.2 Å². The normalized spacial score (nSPS) is 24.2. The third-order valence-corrected chi connectivity index (χ3v) is 12.3. The van der Waals surface area contributed by atoms with E-state index in [2.05, 4.69) is 33.2 Å². The molecule has 15 heteroatoms. The fourth-order valence-electron chi connectivity index (χ4n) is 8.33. The van der Waals surface area contributed by atoms with Gasteiger partial charge in [0.2, 0.25) is 17.7 Å². The van der Waals surface area contributed by atoms with Crippen molar-refractivity contribution in [3.63, 3.8) is 0 Å². The third kappa shape index (κ3) is 17.3. The molecule has 0 spiro atoms. The monoisotopic (exact) mass is 903 g/mol. The van der Waals surface area contributed by atoms with Crippen LogP contribution in [-0.2, 0) is 51.4 Å². The average molecular weight is 903 g/mol. The lowest BCUT2D eigenvalue weighted by Crippen LogP contribution is -2.57. The fourth-order valence-corrected chi connectivity index (χ4v) is 8.33. The zero-order valence-electron chi connectivity index (χ0n) is 39.6. The molecule has 0 radical (unpaired) electrons. The third-order valence-electron chi connectivity index (χ3n) is 12.3. The van der Waals surface area contributed by atoms with Gasteiger partial charge in [-0.25, -0.2) is 9.79 Å². The van der Waals surface area contributed by atoms with Crippen molar-refractivity contribution in [2.45, 2.75) is 162 Å². The van der Waals surface area contributed by atoms with Crippen LogP contribution in [0.15, 0.2) is 65.7 Å². The molecule has 2 aliphatic rings. The molecule has 0 saturated heterocycles. The van der Waals surface area contributed by atoms with Crippen molar-refractivity contribution in [2.75, 3.05) is 20.2 Å². The molecule has 1 saturated carbocycles. The summed E-state index contributed by atoms with van der Waals surface area (Å²) in [7, 11) is 1.62. The predicted octanol–water partition coefficient (Wildman–Crippen LogP) is 6.42. The molecule has 7 atom stereocenters. The minimum absolute atomic E-state index is 0.0142. The van der Waals surface area contributed by atoms with Crippen molar-refractivity contribution < 1.29 is 43.0 Å². The van der Waals surface area contributed by atoms with Crippen LogP contribution in [0.2, 0.25) is 0 Å². The Hall–Kier alpha value is -5.15. The number of ether oxygens (including phenoxy) is 3. The molecular weight excluding hydrogens is 829 g/mol. The largest absolute Gasteiger partial charge is 0.445 e. The zero-order valence-corrected chi connectivity index (χ0v) is 39.6. The van der Waals surface area contributed by atoms with Crippen molar-refractivity contribution >= 4 is 41.3 Å². The van der Waals surface area contributed by atoms with E-state index in [0.717, 1.165) is 56.1 Å². The number of rotatable bonds is 16. The van der Waals surface area contributed by atoms with Gasteiger partial charge in [-0.15, -0.1) is 0 Å². The van der Waals surface area contributed by atoms with E-state index in [1.54, 1.807) is 33.0 Å². The van der Waals surface area contributed by atoms with Crippen molar-refractivity contribution in [2.24, 2.45) is 22.7 Å². The van der Waals surface area contributed by atoms with Gasteiger partial charge >= 0.3 is 6.09 Å². The van der Waals surface area contributed by atoms with Crippen LogP contribution in [0.5, 0.6) is 0 Å². The highest BCUT2D eigenvalue weighted by atomic mass is 16.5. The van der Waals surface area contributed by atoms with Crippen LogP contribution in [0, 0.1) is 17.8 Å². The van der Waals surface area contributed by atoms with Crippen molar-refractivity contribution in [3.8, 4) is 0 Å². The van der Waals surface area contributed by atoms with E-state index in [0.29, 0.717) is 25.7 Å². The molecule has 65 heavy (non-hydrogen) atoms. The molecule has 6 amide bonds. The predicted molar refractivity (Wildman–Crippen MR) is 249 cm³/mol. The summed E-state index contributed by atoms with van der Waals surface area (Å²) >= 11 is 0. The van der Waals surface area contributed by atoms with E-state index < -0.39 is 84.3 Å². The van der Waals surface area contributed by atoms with Gasteiger partial charge in [0.15, 0.2) is 0 Å². The van der Waals surface area contributed by atoms with Crippen LogP contribution >= 0.6 is 0 Å². The number of carbonyl (C=O) groups is 6. The zero-order chi connectivity index (χ0) is 47.3. The Bertz CT molecular complexity index is 1860. The van der Waals surface area contributed by atoms with E-state index in [-0.39, 0.29) is 37.6 Å². The van der Waals surface area contributed by atoms with Crippen LogP contribution in [0.25, 0.3) is 0 Å². The second-order valence-electron chi connectivity index (χ2n) is 18.2. The highest BCUT2D eigenvalue weighted by molar-refractivity contribution is 6.42. The number of aliphatic imine (C=N–C) groups is 1. The first-order chi connectivity index (χ1) is 31.2. The first-order valence-electron chi connectivity index (χ1n) is 23.7. The molecule has 1 aliphatic carbocycles. The van der Waals surface area contributed by atoms with Gasteiger partial charge in [-0.1, -0.05) is 133 Å². The maximum absolute atomic E-state index is 14.6. The number of unbranched alkanes of at least 4 members (excludes halogenated alkanes) is 3. The lowest BCUT2D eigenvalue weighted by Gasteiger charge is -2.35. The summed E-state index contributed by atoms with van der Waals surface area (Å²) in [5, 5.41) is 11.3. The smallest absolute Gasteiger partial charge is 0.407 e. The first kappa shape index (κ1) is 52.5. The van der Waals surface area contributed by atoms with E-state index in [1.165, 1.54) is 4.90 Å². The summed E-state index contributed by atoms with van der Waals surface area (Å²) in [6.45, 7) is 10.9. The summed E-state index contributed by atoms with van der Waals surface area (Å²) in [5.74, 6) is -3.98. The molecule has 1 heterocycles. The average Bonchev–Trinajstić information content (AvgIpc) is 3.30. The maximum Gasteiger partial charge on any atom is 0.407 e. The molecular formula is C50H74N6O9. The number of nitrogens with one attached hydrogen (secondary N) is 4. The van der Waals surface area contributed by atoms with Crippen molar-refractivity contribution in [3.05, 3.63) is 71.8 Å². The Morgan fingerprint density at radius 1 is 0.846 bits per heavy atom. The Kier molecular flexibility index (Phi) is 22.1. The van der Waals surface area contributed by atoms with Gasteiger partial charge in [-0.05, 0) is 62.5 Å². The number of alkyl carbamates (subject to hydrolysis) is 1. The van der Waals surface area contributed by atoms with Crippen molar-refractivity contribution in [1.29, 1.82) is 0 Å². The molecule has 0 aromatic heterocycles. The molecule has 1 fully saturated rings. The number of hydrogen-bond acceptors (Lipinski definition) is 9. The van der Waals surface area contributed by atoms with Crippen LogP contribution in [0.4, 0.5) is 4.79 Å². The van der Waals surface area contributed by atoms with Gasteiger partial charge in [0.25, 0.3) is 11.8 Å². The van der Waals surface area contributed by atoms with Crippen LogP contribution < -0.4 is 21.3 Å². The highest BCUT2D eigenvalue weighted by Gasteiger charge is 2.39. The highest BCUT2D eigenvalue weighted by Crippen LogP contribution is 2.28. The van der Waals surface area contributed by atoms with Gasteiger partial charge in [0.1, 0.15) is 30.4 Å². The fraction of sp³-hybridized carbons (Fsp3) is 0.620. The molecule has 4 N–H and O–H groups in total. The topological polar surface area (TPSA) is 194 Å². The maximum atomic E-state index is 14.6. The summed E-state index contributed by atoms with van der Waals surface area (Å²) in [5.41, 5.74) is 1.18. The van der Waals surface area contributed by atoms with Gasteiger partial charge in [-0.3, -0.25) is 24.0 Å². The lowest BCUT2D eigenvalue weighted by molar-refractivity contribution is -0.147. The minimum atomic E-state index is -1.30. The Balaban J connectivity index is 1.76. The summed E-state index contributed by atoms with van der Waals surface area (Å²) in [6.07, 6.45) is 6.40. The second kappa shape index (κ2) is 27.4. The summed E-state index contributed by atoms with van der Waals surface area (Å²) in [6, 6.07) is 14.5. The number of likely N-dealkylation sites (N-methyl/N-ethyl adjacent to an activating group) is 1. The van der Waals surface area contributed by atoms with Crippen LogP contribution in [0.3, 0.4) is 0 Å². The van der Waals surface area contributed by atoms with Gasteiger partial charge < -0.3 is 40.4 Å². The molecule has 15 nitrogen and oxygen atoms in total. The standard InChI is InChI=1S/C50H74N6O9/c1-8-9-10-20-27-42-35(5)49(61)56(7)41(28-33(2)3)46(58)55-44(39-25-18-13-19-26-39)48(60)53-40(29-51-50(62)65-32-38-23-16-12-17-24-38)45(57)54-43(47(59)52-34(4)30-64-42)36(6)63-31-37-21-14-11-15-22-37/h11-12,14-17,21-24,33-36,39,41-44H,8-10,13,18-20,25-32H2,1-7H3,(H,51,62)(H,52,59)(H,54,57)(H,55,58)/t34-,35-,36+,41+,42-,43+,44+/m1/s1. The lowest BCUT2D eigenvalue weighted by atomic mass is 9.83. The van der Waals surface area contributed by atoms with Crippen LogP contribution in [-0.4, -0.2) is 103 Å². The second-order valence-corrected chi connectivity index (χ2v) is 18.2. The Morgan fingerprint density at radius 3 is 2.12 bits per heavy atom. The summed E-state index contributed by atoms with van der Waals surface area (Å²) in [4.78, 5) is 91.1. The van der Waals surface area contributed by atoms with Crippen LogP contribution in [0.1, 0.15) is 123 Å². The van der Waals surface area contributed by atoms with E-state index in [1.807, 2.05) is 69.3 Å².